The van der Waals surface area contributed by atoms with Crippen molar-refractivity contribution in [1.29, 1.82) is 0 Å². The first-order chi connectivity index (χ1) is 8.29. The Balaban J connectivity index is 2.03. The van der Waals surface area contributed by atoms with Crippen LogP contribution >= 0.6 is 0 Å². The number of aromatic nitrogens is 2. The van der Waals surface area contributed by atoms with Gasteiger partial charge >= 0.3 is 0 Å². The largest absolute Gasteiger partial charge is 0.485 e. The van der Waals surface area contributed by atoms with Crippen molar-refractivity contribution < 1.29 is 9.26 Å². The van der Waals surface area contributed by atoms with E-state index in [4.69, 9.17) is 15.0 Å². The van der Waals surface area contributed by atoms with Crippen LogP contribution in [0.25, 0.3) is 0 Å². The van der Waals surface area contributed by atoms with Gasteiger partial charge in [-0.25, -0.2) is 0 Å². The number of para-hydroxylation sites is 1. The van der Waals surface area contributed by atoms with Gasteiger partial charge in [-0.15, -0.1) is 0 Å². The minimum atomic E-state index is 0.304. The van der Waals surface area contributed by atoms with Gasteiger partial charge in [-0.05, 0) is 24.6 Å². The molecule has 5 nitrogen and oxygen atoms in total. The Bertz CT molecular complexity index is 482. The molecule has 2 aromatic rings. The van der Waals surface area contributed by atoms with E-state index in [1.54, 1.807) is 6.92 Å². The standard InChI is InChI=1S/C12H15N3O2/c1-9-14-12(15-17-9)8-16-11-5-3-2-4-10(11)6-7-13/h2-5H,6-8,13H2,1H3. The molecule has 0 fully saturated rings. The molecule has 0 spiro atoms. The highest BCUT2D eigenvalue weighted by atomic mass is 16.5. The third-order valence-electron chi connectivity index (χ3n) is 2.31. The molecule has 1 aromatic carbocycles. The summed E-state index contributed by atoms with van der Waals surface area (Å²) >= 11 is 0. The predicted molar refractivity (Wildman–Crippen MR) is 62.6 cm³/mol. The van der Waals surface area contributed by atoms with Crippen LogP contribution in [0.2, 0.25) is 0 Å². The molecule has 0 bridgehead atoms. The molecule has 2 rings (SSSR count). The van der Waals surface area contributed by atoms with Gasteiger partial charge in [0.25, 0.3) is 0 Å². The fourth-order valence-corrected chi connectivity index (χ4v) is 1.55. The van der Waals surface area contributed by atoms with Crippen molar-refractivity contribution >= 4 is 0 Å². The topological polar surface area (TPSA) is 74.2 Å². The van der Waals surface area contributed by atoms with E-state index in [-0.39, 0.29) is 0 Å². The van der Waals surface area contributed by atoms with Crippen molar-refractivity contribution in [1.82, 2.24) is 10.1 Å². The SMILES string of the molecule is Cc1nc(COc2ccccc2CCN)no1. The van der Waals surface area contributed by atoms with Crippen LogP contribution in [-0.4, -0.2) is 16.7 Å². The normalized spacial score (nSPS) is 10.5. The van der Waals surface area contributed by atoms with E-state index in [0.29, 0.717) is 24.9 Å². The van der Waals surface area contributed by atoms with Crippen LogP contribution in [0.1, 0.15) is 17.3 Å². The summed E-state index contributed by atoms with van der Waals surface area (Å²) in [6.07, 6.45) is 0.793. The van der Waals surface area contributed by atoms with Crippen molar-refractivity contribution in [2.45, 2.75) is 20.0 Å². The van der Waals surface area contributed by atoms with Gasteiger partial charge in [0.15, 0.2) is 6.61 Å². The van der Waals surface area contributed by atoms with Crippen LogP contribution in [0.4, 0.5) is 0 Å². The number of nitrogens with zero attached hydrogens (tertiary/aromatic N) is 2. The first kappa shape index (κ1) is 11.6. The molecule has 0 radical (unpaired) electrons. The second-order valence-corrected chi connectivity index (χ2v) is 3.66. The molecule has 0 aliphatic heterocycles. The van der Waals surface area contributed by atoms with E-state index in [9.17, 15) is 0 Å². The minimum absolute atomic E-state index is 0.304. The number of hydrogen-bond acceptors (Lipinski definition) is 5. The average Bonchev–Trinajstić information content (AvgIpc) is 2.74. The molecule has 0 saturated carbocycles. The quantitative estimate of drug-likeness (QED) is 0.846. The lowest BCUT2D eigenvalue weighted by Crippen LogP contribution is -2.05. The fraction of sp³-hybridized carbons (Fsp3) is 0.333. The zero-order valence-electron chi connectivity index (χ0n) is 9.72. The third kappa shape index (κ3) is 3.04. The molecular weight excluding hydrogens is 218 g/mol. The van der Waals surface area contributed by atoms with Gasteiger partial charge in [-0.1, -0.05) is 23.4 Å². The fourth-order valence-electron chi connectivity index (χ4n) is 1.55. The highest BCUT2D eigenvalue weighted by Gasteiger charge is 2.06. The third-order valence-corrected chi connectivity index (χ3v) is 2.31. The van der Waals surface area contributed by atoms with E-state index in [0.717, 1.165) is 17.7 Å². The summed E-state index contributed by atoms with van der Waals surface area (Å²) in [4.78, 5) is 4.07. The Kier molecular flexibility index (Phi) is 3.72. The smallest absolute Gasteiger partial charge is 0.223 e. The Morgan fingerprint density at radius 2 is 2.18 bits per heavy atom. The lowest BCUT2D eigenvalue weighted by molar-refractivity contribution is 0.283. The van der Waals surface area contributed by atoms with Crippen LogP contribution in [-0.2, 0) is 13.0 Å². The molecule has 90 valence electrons. The van der Waals surface area contributed by atoms with Crippen molar-refractivity contribution in [3.63, 3.8) is 0 Å². The van der Waals surface area contributed by atoms with Crippen LogP contribution < -0.4 is 10.5 Å². The van der Waals surface area contributed by atoms with Crippen molar-refractivity contribution in [3.8, 4) is 5.75 Å². The predicted octanol–water partition coefficient (Wildman–Crippen LogP) is 1.46. The molecule has 0 unspecified atom stereocenters. The lowest BCUT2D eigenvalue weighted by atomic mass is 10.1. The molecule has 17 heavy (non-hydrogen) atoms. The first-order valence-electron chi connectivity index (χ1n) is 5.49. The maximum Gasteiger partial charge on any atom is 0.223 e. The summed E-state index contributed by atoms with van der Waals surface area (Å²) in [5.41, 5.74) is 6.64. The Morgan fingerprint density at radius 1 is 1.35 bits per heavy atom. The molecule has 0 aliphatic carbocycles. The lowest BCUT2D eigenvalue weighted by Gasteiger charge is -2.08. The molecule has 5 heteroatoms. The van der Waals surface area contributed by atoms with Gasteiger partial charge in [-0.3, -0.25) is 0 Å². The van der Waals surface area contributed by atoms with E-state index in [1.807, 2.05) is 24.3 Å². The summed E-state index contributed by atoms with van der Waals surface area (Å²) < 4.78 is 10.5. The van der Waals surface area contributed by atoms with Crippen LogP contribution in [0, 0.1) is 6.92 Å². The zero-order chi connectivity index (χ0) is 12.1. The molecule has 0 saturated heterocycles. The summed E-state index contributed by atoms with van der Waals surface area (Å²) in [5, 5.41) is 3.77. The number of hydrogen-bond donors (Lipinski definition) is 1. The summed E-state index contributed by atoms with van der Waals surface area (Å²) in [5.74, 6) is 1.91. The number of benzene rings is 1. The monoisotopic (exact) mass is 233 g/mol. The number of rotatable bonds is 5. The van der Waals surface area contributed by atoms with Gasteiger partial charge in [0.2, 0.25) is 11.7 Å². The van der Waals surface area contributed by atoms with Gasteiger partial charge in [0.1, 0.15) is 5.75 Å². The molecular formula is C12H15N3O2. The maximum absolute atomic E-state index is 5.65. The van der Waals surface area contributed by atoms with Gasteiger partial charge in [0, 0.05) is 6.92 Å². The molecule has 1 aromatic heterocycles. The van der Waals surface area contributed by atoms with Crippen LogP contribution in [0.5, 0.6) is 5.75 Å². The van der Waals surface area contributed by atoms with Crippen LogP contribution in [0.3, 0.4) is 0 Å². The number of nitrogens with two attached hydrogens (primary N) is 1. The molecule has 0 aliphatic rings. The van der Waals surface area contributed by atoms with E-state index < -0.39 is 0 Å². The summed E-state index contributed by atoms with van der Waals surface area (Å²) in [6.45, 7) is 2.65. The minimum Gasteiger partial charge on any atom is -0.485 e. The van der Waals surface area contributed by atoms with E-state index >= 15 is 0 Å². The van der Waals surface area contributed by atoms with Crippen molar-refractivity contribution in [2.24, 2.45) is 5.73 Å². The van der Waals surface area contributed by atoms with Crippen LogP contribution in [0.15, 0.2) is 28.8 Å². The Morgan fingerprint density at radius 3 is 2.88 bits per heavy atom. The second-order valence-electron chi connectivity index (χ2n) is 3.66. The van der Waals surface area contributed by atoms with Crippen molar-refractivity contribution in [2.75, 3.05) is 6.54 Å². The van der Waals surface area contributed by atoms with E-state index in [2.05, 4.69) is 10.1 Å². The molecule has 0 atom stereocenters. The summed E-state index contributed by atoms with van der Waals surface area (Å²) in [7, 11) is 0. The highest BCUT2D eigenvalue weighted by Crippen LogP contribution is 2.19. The van der Waals surface area contributed by atoms with Crippen molar-refractivity contribution in [3.05, 3.63) is 41.5 Å². The zero-order valence-corrected chi connectivity index (χ0v) is 9.72. The second kappa shape index (κ2) is 5.45. The van der Waals surface area contributed by atoms with Gasteiger partial charge in [-0.2, -0.15) is 4.98 Å². The molecule has 0 amide bonds. The Labute approximate surface area is 99.6 Å². The number of aryl methyl sites for hydroxylation is 1. The van der Waals surface area contributed by atoms with Gasteiger partial charge in [0.05, 0.1) is 0 Å². The molecule has 1 heterocycles. The average molecular weight is 233 g/mol. The number of ether oxygens (including phenoxy) is 1. The summed E-state index contributed by atoms with van der Waals surface area (Å²) in [6, 6.07) is 7.81. The van der Waals surface area contributed by atoms with Gasteiger partial charge < -0.3 is 15.0 Å². The van der Waals surface area contributed by atoms with E-state index in [1.165, 1.54) is 0 Å². The highest BCUT2D eigenvalue weighted by molar-refractivity contribution is 5.33. The molecule has 2 N–H and O–H groups in total. The maximum atomic E-state index is 5.65. The first-order valence-corrected chi connectivity index (χ1v) is 5.49. The Hall–Kier alpha value is -1.88.